The van der Waals surface area contributed by atoms with Gasteiger partial charge >= 0.3 is 5.97 Å². The zero-order valence-corrected chi connectivity index (χ0v) is 12.8. The van der Waals surface area contributed by atoms with Gasteiger partial charge < -0.3 is 9.47 Å². The summed E-state index contributed by atoms with van der Waals surface area (Å²) in [4.78, 5) is 19.2. The molecule has 2 aromatic rings. The van der Waals surface area contributed by atoms with Crippen molar-refractivity contribution in [3.8, 4) is 11.6 Å². The Morgan fingerprint density at radius 2 is 2.15 bits per heavy atom. The summed E-state index contributed by atoms with van der Waals surface area (Å²) in [6, 6.07) is 7.13. The summed E-state index contributed by atoms with van der Waals surface area (Å²) in [5.41, 5.74) is 0.695. The Balaban J connectivity index is 2.29. The van der Waals surface area contributed by atoms with E-state index in [2.05, 4.69) is 30.6 Å². The van der Waals surface area contributed by atoms with E-state index in [9.17, 15) is 4.79 Å². The molecule has 0 aliphatic carbocycles. The van der Waals surface area contributed by atoms with Gasteiger partial charge in [-0.1, -0.05) is 18.2 Å². The maximum atomic E-state index is 11.4. The van der Waals surface area contributed by atoms with E-state index < -0.39 is 0 Å². The second-order valence-corrected chi connectivity index (χ2v) is 4.95. The third-order valence-electron chi connectivity index (χ3n) is 2.42. The highest BCUT2D eigenvalue weighted by Crippen LogP contribution is 2.30. The first-order chi connectivity index (χ1) is 9.60. The number of rotatable bonds is 4. The molecule has 0 N–H and O–H groups in total. The van der Waals surface area contributed by atoms with E-state index in [0.29, 0.717) is 15.8 Å². The van der Waals surface area contributed by atoms with Crippen molar-refractivity contribution in [1.29, 1.82) is 0 Å². The van der Waals surface area contributed by atoms with Gasteiger partial charge in [0.1, 0.15) is 5.75 Å². The van der Waals surface area contributed by atoms with Crippen LogP contribution in [0, 0.1) is 0 Å². The highest BCUT2D eigenvalue weighted by Gasteiger charge is 2.12. The molecular weight excluding hydrogens is 348 g/mol. The number of aromatic nitrogens is 2. The van der Waals surface area contributed by atoms with Crippen LogP contribution in [0.5, 0.6) is 11.6 Å². The SMILES string of the molecule is COC(=O)Cc1ccccc1Oc1nc(Cl)ncc1Br. The molecule has 1 heterocycles. The van der Waals surface area contributed by atoms with Crippen LogP contribution >= 0.6 is 27.5 Å². The van der Waals surface area contributed by atoms with Crippen molar-refractivity contribution in [1.82, 2.24) is 9.97 Å². The quantitative estimate of drug-likeness (QED) is 0.620. The number of methoxy groups -OCH3 is 1. The number of carbonyl (C=O) groups excluding carboxylic acids is 1. The second kappa shape index (κ2) is 6.67. The number of esters is 1. The van der Waals surface area contributed by atoms with E-state index in [1.165, 1.54) is 13.3 Å². The first-order valence-corrected chi connectivity index (χ1v) is 6.78. The van der Waals surface area contributed by atoms with Crippen LogP contribution in [0.25, 0.3) is 0 Å². The normalized spacial score (nSPS) is 10.2. The van der Waals surface area contributed by atoms with Crippen LogP contribution in [0.4, 0.5) is 0 Å². The number of ether oxygens (including phenoxy) is 2. The summed E-state index contributed by atoms with van der Waals surface area (Å²) in [5.74, 6) is 0.441. The standard InChI is InChI=1S/C13H10BrClN2O3/c1-19-11(18)6-8-4-2-3-5-10(8)20-12-9(14)7-16-13(15)17-12/h2-5,7H,6H2,1H3. The van der Waals surface area contributed by atoms with E-state index in [-0.39, 0.29) is 23.6 Å². The van der Waals surface area contributed by atoms with Crippen LogP contribution in [0.3, 0.4) is 0 Å². The Morgan fingerprint density at radius 3 is 2.90 bits per heavy atom. The Labute approximate surface area is 129 Å². The van der Waals surface area contributed by atoms with Gasteiger partial charge in [-0.25, -0.2) is 4.98 Å². The molecule has 7 heteroatoms. The molecule has 0 saturated heterocycles. The number of nitrogens with zero attached hydrogens (tertiary/aromatic N) is 2. The molecule has 0 amide bonds. The van der Waals surface area contributed by atoms with Gasteiger partial charge in [-0.15, -0.1) is 0 Å². The Kier molecular flexibility index (Phi) is 4.92. The minimum absolute atomic E-state index is 0.0775. The van der Waals surface area contributed by atoms with Gasteiger partial charge in [-0.2, -0.15) is 4.98 Å². The fourth-order valence-corrected chi connectivity index (χ4v) is 1.88. The molecule has 1 aromatic heterocycles. The Bertz CT molecular complexity index is 637. The molecule has 2 rings (SSSR count). The van der Waals surface area contributed by atoms with Gasteiger partial charge in [0.2, 0.25) is 11.2 Å². The van der Waals surface area contributed by atoms with Gasteiger partial charge in [-0.05, 0) is 33.6 Å². The lowest BCUT2D eigenvalue weighted by atomic mass is 10.1. The van der Waals surface area contributed by atoms with Gasteiger partial charge in [-0.3, -0.25) is 4.79 Å². The van der Waals surface area contributed by atoms with E-state index in [1.54, 1.807) is 18.2 Å². The van der Waals surface area contributed by atoms with Crippen LogP contribution in [-0.2, 0) is 16.0 Å². The van der Waals surface area contributed by atoms with Crippen molar-refractivity contribution in [2.24, 2.45) is 0 Å². The predicted molar refractivity (Wildman–Crippen MR) is 77.0 cm³/mol. The summed E-state index contributed by atoms with van der Waals surface area (Å²) in [6.07, 6.45) is 1.61. The molecule has 0 fully saturated rings. The lowest BCUT2D eigenvalue weighted by Crippen LogP contribution is -2.06. The summed E-state index contributed by atoms with van der Waals surface area (Å²) in [7, 11) is 1.34. The predicted octanol–water partition coefficient (Wildman–Crippen LogP) is 3.40. The van der Waals surface area contributed by atoms with E-state index >= 15 is 0 Å². The molecule has 0 atom stereocenters. The molecule has 0 aliphatic rings. The molecule has 0 unspecified atom stereocenters. The molecular formula is C13H10BrClN2O3. The van der Waals surface area contributed by atoms with Crippen molar-refractivity contribution in [3.05, 3.63) is 45.8 Å². The summed E-state index contributed by atoms with van der Waals surface area (Å²) >= 11 is 9.01. The number of hydrogen-bond acceptors (Lipinski definition) is 5. The van der Waals surface area contributed by atoms with Crippen molar-refractivity contribution in [2.75, 3.05) is 7.11 Å². The van der Waals surface area contributed by atoms with Gasteiger partial charge in [0.25, 0.3) is 0 Å². The number of halogens is 2. The Morgan fingerprint density at radius 1 is 1.40 bits per heavy atom. The van der Waals surface area contributed by atoms with E-state index in [4.69, 9.17) is 16.3 Å². The van der Waals surface area contributed by atoms with E-state index in [0.717, 1.165) is 0 Å². The third-order valence-corrected chi connectivity index (χ3v) is 3.15. The van der Waals surface area contributed by atoms with Crippen LogP contribution in [0.1, 0.15) is 5.56 Å². The zero-order chi connectivity index (χ0) is 14.5. The molecule has 0 saturated carbocycles. The summed E-state index contributed by atoms with van der Waals surface area (Å²) < 4.78 is 10.9. The largest absolute Gasteiger partial charge is 0.469 e. The van der Waals surface area contributed by atoms with Crippen molar-refractivity contribution in [3.63, 3.8) is 0 Å². The minimum atomic E-state index is -0.346. The minimum Gasteiger partial charge on any atom is -0.469 e. The lowest BCUT2D eigenvalue weighted by Gasteiger charge is -2.10. The average Bonchev–Trinajstić information content (AvgIpc) is 2.44. The molecule has 104 valence electrons. The molecule has 0 aliphatic heterocycles. The van der Waals surface area contributed by atoms with Crippen LogP contribution in [-0.4, -0.2) is 23.0 Å². The smallest absolute Gasteiger partial charge is 0.310 e. The fraction of sp³-hybridized carbons (Fsp3) is 0.154. The number of carbonyl (C=O) groups is 1. The highest BCUT2D eigenvalue weighted by molar-refractivity contribution is 9.10. The molecule has 20 heavy (non-hydrogen) atoms. The summed E-state index contributed by atoms with van der Waals surface area (Å²) in [6.45, 7) is 0. The zero-order valence-electron chi connectivity index (χ0n) is 10.5. The van der Waals surface area contributed by atoms with Gasteiger partial charge in [0.15, 0.2) is 0 Å². The van der Waals surface area contributed by atoms with Crippen LogP contribution in [0.2, 0.25) is 5.28 Å². The molecule has 1 aromatic carbocycles. The van der Waals surface area contributed by atoms with Crippen LogP contribution in [0.15, 0.2) is 34.9 Å². The van der Waals surface area contributed by atoms with Crippen molar-refractivity contribution >= 4 is 33.5 Å². The Hall–Kier alpha value is -1.66. The second-order valence-electron chi connectivity index (χ2n) is 3.75. The van der Waals surface area contributed by atoms with Gasteiger partial charge in [0, 0.05) is 11.8 Å². The lowest BCUT2D eigenvalue weighted by molar-refractivity contribution is -0.139. The first-order valence-electron chi connectivity index (χ1n) is 5.60. The fourth-order valence-electron chi connectivity index (χ4n) is 1.48. The van der Waals surface area contributed by atoms with Crippen LogP contribution < -0.4 is 4.74 Å². The maximum absolute atomic E-state index is 11.4. The number of benzene rings is 1. The topological polar surface area (TPSA) is 61.3 Å². The van der Waals surface area contributed by atoms with Crippen molar-refractivity contribution < 1.29 is 14.3 Å². The van der Waals surface area contributed by atoms with Gasteiger partial charge in [0.05, 0.1) is 18.0 Å². The molecule has 0 bridgehead atoms. The molecule has 0 radical (unpaired) electrons. The molecule has 5 nitrogen and oxygen atoms in total. The van der Waals surface area contributed by atoms with Crippen molar-refractivity contribution in [2.45, 2.75) is 6.42 Å². The summed E-state index contributed by atoms with van der Waals surface area (Å²) in [5, 5.41) is 0.0775. The third kappa shape index (κ3) is 3.68. The number of hydrogen-bond donors (Lipinski definition) is 0. The maximum Gasteiger partial charge on any atom is 0.310 e. The first kappa shape index (κ1) is 14.7. The number of para-hydroxylation sites is 1. The van der Waals surface area contributed by atoms with E-state index in [1.807, 2.05) is 6.07 Å². The highest BCUT2D eigenvalue weighted by atomic mass is 79.9. The monoisotopic (exact) mass is 356 g/mol. The average molecular weight is 358 g/mol. The molecule has 0 spiro atoms.